The normalized spacial score (nSPS) is 22.9. The number of hydrogen-bond acceptors (Lipinski definition) is 9. The second-order valence-electron chi connectivity index (χ2n) is 11.5. The summed E-state index contributed by atoms with van der Waals surface area (Å²) in [6, 6.07) is 6.24. The Morgan fingerprint density at radius 3 is 2.48 bits per heavy atom. The van der Waals surface area contributed by atoms with Crippen LogP contribution in [0, 0.1) is 6.92 Å². The molecule has 5 heterocycles. The number of ether oxygens (including phenoxy) is 3. The van der Waals surface area contributed by atoms with Crippen LogP contribution >= 0.6 is 11.3 Å². The Morgan fingerprint density at radius 1 is 1.16 bits per heavy atom. The molecule has 3 fully saturated rings. The highest BCUT2D eigenvalue weighted by atomic mass is 32.1. The predicted molar refractivity (Wildman–Crippen MR) is 153 cm³/mol. The summed E-state index contributed by atoms with van der Waals surface area (Å²) < 4.78 is 46.6. The highest BCUT2D eigenvalue weighted by molar-refractivity contribution is 7.21. The van der Waals surface area contributed by atoms with Crippen LogP contribution in [0.5, 0.6) is 5.75 Å². The number of fused-ring (bicyclic) bond motifs is 3. The number of nitrogens with zero attached hydrogens (tertiary/aromatic N) is 5. The molecule has 12 nitrogen and oxygen atoms in total. The number of hydrogen-bond donors (Lipinski definition) is 1. The fraction of sp³-hybridized carbons (Fsp3) is 0.483. The van der Waals surface area contributed by atoms with Gasteiger partial charge in [0, 0.05) is 11.1 Å². The molecule has 3 aliphatic rings. The molecule has 4 atom stereocenters. The zero-order valence-corrected chi connectivity index (χ0v) is 24.4. The fourth-order valence-electron chi connectivity index (χ4n) is 6.52. The van der Waals surface area contributed by atoms with Crippen molar-refractivity contribution < 1.29 is 32.9 Å². The molecular formula is C29H29F2N5O7S. The van der Waals surface area contributed by atoms with Gasteiger partial charge in [-0.3, -0.25) is 9.36 Å². The number of carbonyl (C=O) groups is 1. The molecule has 1 N–H and O–H groups in total. The van der Waals surface area contributed by atoms with E-state index in [-0.39, 0.29) is 53.7 Å². The topological polar surface area (TPSA) is 140 Å². The van der Waals surface area contributed by atoms with Gasteiger partial charge in [0.1, 0.15) is 27.2 Å². The summed E-state index contributed by atoms with van der Waals surface area (Å²) in [5.41, 5.74) is -2.43. The number of halogens is 2. The first-order valence-corrected chi connectivity index (χ1v) is 15.2. The van der Waals surface area contributed by atoms with Gasteiger partial charge in [0.2, 0.25) is 0 Å². The third kappa shape index (κ3) is 4.82. The van der Waals surface area contributed by atoms with Crippen molar-refractivity contribution in [3.63, 3.8) is 0 Å². The van der Waals surface area contributed by atoms with E-state index in [4.69, 9.17) is 14.2 Å². The van der Waals surface area contributed by atoms with Gasteiger partial charge < -0.3 is 19.3 Å². The number of alkyl halides is 2. The van der Waals surface area contributed by atoms with Gasteiger partial charge in [0.05, 0.1) is 42.6 Å². The van der Waals surface area contributed by atoms with E-state index in [0.29, 0.717) is 29.0 Å². The molecule has 232 valence electrons. The van der Waals surface area contributed by atoms with Crippen molar-refractivity contribution in [1.82, 2.24) is 24.1 Å². The molecule has 7 rings (SSSR count). The minimum Gasteiger partial charge on any atom is -0.479 e. The second kappa shape index (κ2) is 10.9. The molecule has 1 saturated carbocycles. The molecule has 3 aromatic heterocycles. The monoisotopic (exact) mass is 629 g/mol. The van der Waals surface area contributed by atoms with Crippen LogP contribution in [0.15, 0.2) is 46.2 Å². The van der Waals surface area contributed by atoms with Crippen molar-refractivity contribution in [2.45, 2.75) is 88.6 Å². The summed E-state index contributed by atoms with van der Waals surface area (Å²) in [5.74, 6) is -1.38. The van der Waals surface area contributed by atoms with Crippen LogP contribution in [-0.2, 0) is 26.4 Å². The van der Waals surface area contributed by atoms with Gasteiger partial charge in [-0.25, -0.2) is 14.2 Å². The van der Waals surface area contributed by atoms with E-state index in [0.717, 1.165) is 28.7 Å². The van der Waals surface area contributed by atoms with Crippen LogP contribution in [0.3, 0.4) is 0 Å². The molecule has 15 heteroatoms. The van der Waals surface area contributed by atoms with Crippen LogP contribution in [0.25, 0.3) is 15.2 Å². The standard InChI is InChI=1S/C29H29F2N5O7S/c1-15-22-23(37)35(29(8-9-29)26(38)39)28(40)34(25(22)44-24(15)36-32-10-11-33-36)14-21(19-4-2-3-5-20(19)43-27(30)31)42-18-12-16-6-7-17(13-18)41-16/h2-5,10-11,16-18,21,27H,6-9,12-14H2,1H3,(H,38,39)/t16-,17+,18?,21?. The van der Waals surface area contributed by atoms with E-state index in [1.807, 2.05) is 0 Å². The number of benzene rings is 1. The zero-order chi connectivity index (χ0) is 30.7. The molecule has 0 radical (unpaired) electrons. The lowest BCUT2D eigenvalue weighted by Crippen LogP contribution is -2.49. The minimum atomic E-state index is -3.10. The molecule has 0 amide bonds. The maximum absolute atomic E-state index is 14.2. The molecule has 1 aliphatic carbocycles. The number of para-hydroxylation sites is 1. The van der Waals surface area contributed by atoms with Crippen LogP contribution in [0.2, 0.25) is 0 Å². The third-order valence-corrected chi connectivity index (χ3v) is 10.1. The van der Waals surface area contributed by atoms with Crippen LogP contribution in [-0.4, -0.2) is 60.1 Å². The summed E-state index contributed by atoms with van der Waals surface area (Å²) >= 11 is 1.11. The van der Waals surface area contributed by atoms with Gasteiger partial charge in [-0.15, -0.1) is 4.80 Å². The lowest BCUT2D eigenvalue weighted by atomic mass is 10.0. The smallest absolute Gasteiger partial charge is 0.387 e. The summed E-state index contributed by atoms with van der Waals surface area (Å²) in [4.78, 5) is 42.1. The SMILES string of the molecule is Cc1c(-n2nccn2)sc2c1c(=O)n(C1(C(=O)O)CC1)c(=O)n2CC(OC1C[C@H]2CC[C@@H](C1)O2)c1ccccc1OC(F)F. The summed E-state index contributed by atoms with van der Waals surface area (Å²) in [5, 5.41) is 19.1. The number of aryl methyl sites for hydroxylation is 1. The third-order valence-electron chi connectivity index (χ3n) is 8.77. The number of aromatic nitrogens is 5. The number of rotatable bonds is 10. The second-order valence-corrected chi connectivity index (χ2v) is 12.5. The van der Waals surface area contributed by atoms with E-state index < -0.39 is 35.5 Å². The van der Waals surface area contributed by atoms with Crippen molar-refractivity contribution in [3.05, 3.63) is 68.6 Å². The Hall–Kier alpha value is -3.95. The van der Waals surface area contributed by atoms with Crippen LogP contribution < -0.4 is 16.0 Å². The molecule has 44 heavy (non-hydrogen) atoms. The first kappa shape index (κ1) is 28.8. The molecular weight excluding hydrogens is 600 g/mol. The highest BCUT2D eigenvalue weighted by Gasteiger charge is 2.55. The summed E-state index contributed by atoms with van der Waals surface area (Å²) in [6.45, 7) is -1.61. The molecule has 2 aliphatic heterocycles. The van der Waals surface area contributed by atoms with Crippen molar-refractivity contribution in [2.24, 2.45) is 0 Å². The van der Waals surface area contributed by atoms with Gasteiger partial charge in [-0.2, -0.15) is 19.0 Å². The Labute approximate surface area is 252 Å². The number of carboxylic acids is 1. The van der Waals surface area contributed by atoms with Crippen molar-refractivity contribution >= 4 is 27.5 Å². The Morgan fingerprint density at radius 2 is 1.84 bits per heavy atom. The van der Waals surface area contributed by atoms with E-state index in [1.54, 1.807) is 25.1 Å². The molecule has 2 unspecified atom stereocenters. The maximum atomic E-state index is 14.2. The minimum absolute atomic E-state index is 0.0256. The van der Waals surface area contributed by atoms with E-state index >= 15 is 0 Å². The largest absolute Gasteiger partial charge is 0.479 e. The van der Waals surface area contributed by atoms with Gasteiger partial charge >= 0.3 is 18.3 Å². The number of carboxylic acid groups (broad SMARTS) is 1. The average molecular weight is 630 g/mol. The van der Waals surface area contributed by atoms with E-state index in [2.05, 4.69) is 10.2 Å². The number of thiophene rings is 1. The van der Waals surface area contributed by atoms with E-state index in [9.17, 15) is 28.3 Å². The summed E-state index contributed by atoms with van der Waals surface area (Å²) in [7, 11) is 0. The first-order chi connectivity index (χ1) is 21.2. The average Bonchev–Trinajstić information content (AvgIpc) is 3.27. The van der Waals surface area contributed by atoms with Gasteiger partial charge in [0.25, 0.3) is 5.56 Å². The molecule has 2 bridgehead atoms. The Kier molecular flexibility index (Phi) is 7.13. The quantitative estimate of drug-likeness (QED) is 0.278. The van der Waals surface area contributed by atoms with Crippen LogP contribution in [0.1, 0.15) is 55.8 Å². The van der Waals surface area contributed by atoms with Crippen molar-refractivity contribution in [2.75, 3.05) is 0 Å². The summed E-state index contributed by atoms with van der Waals surface area (Å²) in [6.07, 6.45) is 5.00. The van der Waals surface area contributed by atoms with Crippen LogP contribution in [0.4, 0.5) is 8.78 Å². The van der Waals surface area contributed by atoms with E-state index in [1.165, 1.54) is 27.8 Å². The highest BCUT2D eigenvalue weighted by Crippen LogP contribution is 2.43. The Bertz CT molecular complexity index is 1840. The zero-order valence-electron chi connectivity index (χ0n) is 23.6. The fourth-order valence-corrected chi connectivity index (χ4v) is 7.74. The predicted octanol–water partition coefficient (Wildman–Crippen LogP) is 3.76. The molecule has 4 aromatic rings. The first-order valence-electron chi connectivity index (χ1n) is 14.4. The Balaban J connectivity index is 1.41. The van der Waals surface area contributed by atoms with Crippen molar-refractivity contribution in [1.29, 1.82) is 0 Å². The lowest BCUT2D eigenvalue weighted by Gasteiger charge is -2.32. The number of aliphatic carboxylic acids is 1. The van der Waals surface area contributed by atoms with Gasteiger partial charge in [-0.1, -0.05) is 29.5 Å². The molecule has 1 aromatic carbocycles. The van der Waals surface area contributed by atoms with Crippen molar-refractivity contribution in [3.8, 4) is 10.8 Å². The maximum Gasteiger partial charge on any atom is 0.387 e. The lowest BCUT2D eigenvalue weighted by molar-refractivity contribution is -0.142. The molecule has 2 saturated heterocycles. The van der Waals surface area contributed by atoms with Gasteiger partial charge in [0.15, 0.2) is 0 Å². The van der Waals surface area contributed by atoms with Gasteiger partial charge in [-0.05, 0) is 51.5 Å². The molecule has 0 spiro atoms.